The molecule has 2 aliphatic heterocycles. The van der Waals surface area contributed by atoms with Crippen LogP contribution < -0.4 is 5.32 Å². The van der Waals surface area contributed by atoms with E-state index in [1.54, 1.807) is 4.90 Å². The average Bonchev–Trinajstić information content (AvgIpc) is 2.35. The summed E-state index contributed by atoms with van der Waals surface area (Å²) < 4.78 is 10.5. The summed E-state index contributed by atoms with van der Waals surface area (Å²) in [6.45, 7) is 9.88. The summed E-state index contributed by atoms with van der Waals surface area (Å²) >= 11 is 0. The second-order valence-electron chi connectivity index (χ2n) is 5.44. The van der Waals surface area contributed by atoms with E-state index in [1.807, 2.05) is 20.8 Å². The van der Waals surface area contributed by atoms with E-state index in [-0.39, 0.29) is 24.5 Å². The number of alkyl carbamates (subject to hydrolysis) is 1. The number of carbonyl (C=O) groups is 2. The van der Waals surface area contributed by atoms with Crippen molar-refractivity contribution < 1.29 is 19.1 Å². The van der Waals surface area contributed by atoms with Crippen molar-refractivity contribution in [3.05, 3.63) is 12.7 Å². The molecular formula is C13H20N2O4. The standard InChI is InChI=1S/C13H20N2O4/c1-5-6-18-12(17)14-9-10-8(2)7-19-13(3,4)15(10)11(9)16/h5,8-10H,1,6-7H2,2-4H3,(H,14,17)/t8-,9-,10-/m1/s1. The minimum atomic E-state index is -0.614. The van der Waals surface area contributed by atoms with Crippen molar-refractivity contribution in [2.45, 2.75) is 38.6 Å². The molecule has 0 aliphatic carbocycles. The lowest BCUT2D eigenvalue weighted by molar-refractivity contribution is -0.239. The Bertz CT molecular complexity index is 407. The van der Waals surface area contributed by atoms with Crippen LogP contribution in [0.3, 0.4) is 0 Å². The molecule has 19 heavy (non-hydrogen) atoms. The van der Waals surface area contributed by atoms with Gasteiger partial charge in [-0.3, -0.25) is 4.79 Å². The smallest absolute Gasteiger partial charge is 0.408 e. The SMILES string of the molecule is C=CCOC(=O)N[C@H]1C(=O)N2[C@@H]1[C@H](C)COC2(C)C. The molecule has 0 saturated carbocycles. The van der Waals surface area contributed by atoms with Crippen molar-refractivity contribution in [3.8, 4) is 0 Å². The Kier molecular flexibility index (Phi) is 3.54. The molecule has 2 rings (SSSR count). The number of hydrogen-bond acceptors (Lipinski definition) is 4. The molecule has 6 heteroatoms. The summed E-state index contributed by atoms with van der Waals surface area (Å²) in [6.07, 6.45) is 0.892. The fraction of sp³-hybridized carbons (Fsp3) is 0.692. The van der Waals surface area contributed by atoms with E-state index in [9.17, 15) is 9.59 Å². The van der Waals surface area contributed by atoms with Crippen LogP contribution in [0.1, 0.15) is 20.8 Å². The van der Waals surface area contributed by atoms with Crippen LogP contribution in [0.15, 0.2) is 12.7 Å². The van der Waals surface area contributed by atoms with E-state index in [4.69, 9.17) is 9.47 Å². The van der Waals surface area contributed by atoms with Gasteiger partial charge >= 0.3 is 6.09 Å². The van der Waals surface area contributed by atoms with Crippen molar-refractivity contribution in [1.29, 1.82) is 0 Å². The fourth-order valence-corrected chi connectivity index (χ4v) is 2.67. The quantitative estimate of drug-likeness (QED) is 0.609. The Hall–Kier alpha value is -1.56. The van der Waals surface area contributed by atoms with Gasteiger partial charge in [0.1, 0.15) is 18.4 Å². The van der Waals surface area contributed by atoms with Gasteiger partial charge in [-0.15, -0.1) is 0 Å². The lowest BCUT2D eigenvalue weighted by Gasteiger charge is -2.59. The van der Waals surface area contributed by atoms with Crippen molar-refractivity contribution >= 4 is 12.0 Å². The zero-order chi connectivity index (χ0) is 14.2. The summed E-state index contributed by atoms with van der Waals surface area (Å²) in [4.78, 5) is 25.3. The van der Waals surface area contributed by atoms with Crippen LogP contribution >= 0.6 is 0 Å². The monoisotopic (exact) mass is 268 g/mol. The van der Waals surface area contributed by atoms with Gasteiger partial charge in [0.2, 0.25) is 5.91 Å². The lowest BCUT2D eigenvalue weighted by atomic mass is 9.81. The Morgan fingerprint density at radius 1 is 1.68 bits per heavy atom. The van der Waals surface area contributed by atoms with Crippen LogP contribution in [0.4, 0.5) is 4.79 Å². The highest BCUT2D eigenvalue weighted by Crippen LogP contribution is 2.39. The van der Waals surface area contributed by atoms with Crippen LogP contribution in [0, 0.1) is 5.92 Å². The first-order valence-electron chi connectivity index (χ1n) is 6.40. The predicted molar refractivity (Wildman–Crippen MR) is 68.3 cm³/mol. The molecule has 6 nitrogen and oxygen atoms in total. The van der Waals surface area contributed by atoms with Crippen LogP contribution in [0.25, 0.3) is 0 Å². The summed E-state index contributed by atoms with van der Waals surface area (Å²) in [7, 11) is 0. The molecule has 2 heterocycles. The number of β-lactam (4-membered cyclic amide) rings is 1. The van der Waals surface area contributed by atoms with Gasteiger partial charge in [0.15, 0.2) is 0 Å². The minimum Gasteiger partial charge on any atom is -0.445 e. The Labute approximate surface area is 112 Å². The number of ether oxygens (including phenoxy) is 2. The zero-order valence-electron chi connectivity index (χ0n) is 11.5. The number of rotatable bonds is 3. The molecule has 2 aliphatic rings. The molecule has 0 radical (unpaired) electrons. The molecule has 0 unspecified atom stereocenters. The first-order valence-corrected chi connectivity index (χ1v) is 6.40. The first kappa shape index (κ1) is 13.9. The summed E-state index contributed by atoms with van der Waals surface area (Å²) in [6, 6.07) is -0.553. The summed E-state index contributed by atoms with van der Waals surface area (Å²) in [5, 5.41) is 2.61. The van der Waals surface area contributed by atoms with Gasteiger partial charge in [-0.1, -0.05) is 19.6 Å². The van der Waals surface area contributed by atoms with E-state index < -0.39 is 17.9 Å². The van der Waals surface area contributed by atoms with Gasteiger partial charge in [-0.25, -0.2) is 4.79 Å². The third kappa shape index (κ3) is 2.32. The highest BCUT2D eigenvalue weighted by Gasteiger charge is 2.58. The third-order valence-corrected chi connectivity index (χ3v) is 3.61. The van der Waals surface area contributed by atoms with E-state index in [2.05, 4.69) is 11.9 Å². The zero-order valence-corrected chi connectivity index (χ0v) is 11.5. The van der Waals surface area contributed by atoms with Gasteiger partial charge in [0.25, 0.3) is 0 Å². The van der Waals surface area contributed by atoms with Gasteiger partial charge in [0, 0.05) is 5.92 Å². The maximum absolute atomic E-state index is 12.1. The van der Waals surface area contributed by atoms with Crippen molar-refractivity contribution in [1.82, 2.24) is 10.2 Å². The summed E-state index contributed by atoms with van der Waals surface area (Å²) in [5.41, 5.74) is -0.614. The average molecular weight is 268 g/mol. The van der Waals surface area contributed by atoms with Gasteiger partial charge in [0.05, 0.1) is 12.6 Å². The van der Waals surface area contributed by atoms with Crippen LogP contribution in [0.5, 0.6) is 0 Å². The molecule has 2 fully saturated rings. The van der Waals surface area contributed by atoms with Gasteiger partial charge in [-0.2, -0.15) is 0 Å². The Morgan fingerprint density at radius 3 is 3.00 bits per heavy atom. The largest absolute Gasteiger partial charge is 0.445 e. The molecular weight excluding hydrogens is 248 g/mol. The van der Waals surface area contributed by atoms with Crippen molar-refractivity contribution in [2.24, 2.45) is 5.92 Å². The van der Waals surface area contributed by atoms with E-state index >= 15 is 0 Å². The number of amides is 2. The minimum absolute atomic E-state index is 0.0347. The molecule has 1 N–H and O–H groups in total. The lowest BCUT2D eigenvalue weighted by Crippen LogP contribution is -2.80. The van der Waals surface area contributed by atoms with Crippen LogP contribution in [0.2, 0.25) is 0 Å². The number of fused-ring (bicyclic) bond motifs is 1. The Morgan fingerprint density at radius 2 is 2.37 bits per heavy atom. The van der Waals surface area contributed by atoms with Crippen LogP contribution in [-0.2, 0) is 14.3 Å². The number of nitrogens with one attached hydrogen (secondary N) is 1. The second-order valence-corrected chi connectivity index (χ2v) is 5.44. The summed E-state index contributed by atoms with van der Waals surface area (Å²) in [5.74, 6) is 0.0486. The molecule has 106 valence electrons. The number of nitrogens with zero attached hydrogens (tertiary/aromatic N) is 1. The third-order valence-electron chi connectivity index (χ3n) is 3.61. The predicted octanol–water partition coefficient (Wildman–Crippen LogP) is 0.880. The normalized spacial score (nSPS) is 32.1. The van der Waals surface area contributed by atoms with E-state index in [1.165, 1.54) is 6.08 Å². The van der Waals surface area contributed by atoms with E-state index in [0.29, 0.717) is 6.61 Å². The second kappa shape index (κ2) is 4.85. The highest BCUT2D eigenvalue weighted by atomic mass is 16.5. The topological polar surface area (TPSA) is 67.9 Å². The molecule has 3 atom stereocenters. The highest BCUT2D eigenvalue weighted by molar-refractivity contribution is 5.93. The number of carbonyl (C=O) groups excluding carboxylic acids is 2. The van der Waals surface area contributed by atoms with Crippen molar-refractivity contribution in [2.75, 3.05) is 13.2 Å². The first-order chi connectivity index (χ1) is 8.88. The molecule has 0 aromatic carbocycles. The Balaban J connectivity index is 2.02. The molecule has 0 aromatic rings. The fourth-order valence-electron chi connectivity index (χ4n) is 2.67. The molecule has 0 bridgehead atoms. The molecule has 2 saturated heterocycles. The molecule has 0 aromatic heterocycles. The van der Waals surface area contributed by atoms with Crippen molar-refractivity contribution in [3.63, 3.8) is 0 Å². The number of hydrogen-bond donors (Lipinski definition) is 1. The molecule has 0 spiro atoms. The maximum atomic E-state index is 12.1. The maximum Gasteiger partial charge on any atom is 0.408 e. The van der Waals surface area contributed by atoms with Gasteiger partial charge < -0.3 is 19.7 Å². The van der Waals surface area contributed by atoms with Gasteiger partial charge in [-0.05, 0) is 13.8 Å². The molecule has 2 amide bonds. The van der Waals surface area contributed by atoms with Crippen LogP contribution in [-0.4, -0.2) is 47.9 Å². The van der Waals surface area contributed by atoms with E-state index in [0.717, 1.165) is 0 Å².